The molecule has 0 spiro atoms. The highest BCUT2D eigenvalue weighted by atomic mass is 35.5. The van der Waals surface area contributed by atoms with E-state index in [-0.39, 0.29) is 18.4 Å². The number of hydrogen-bond donors (Lipinski definition) is 1. The van der Waals surface area contributed by atoms with Crippen LogP contribution in [0.3, 0.4) is 0 Å². The van der Waals surface area contributed by atoms with Crippen LogP contribution in [0, 0.1) is 5.92 Å². The molecule has 0 aromatic carbocycles. The molecule has 0 amide bonds. The minimum atomic E-state index is -2.79. The van der Waals surface area contributed by atoms with Crippen LogP contribution in [0.5, 0.6) is 0 Å². The second-order valence-electron chi connectivity index (χ2n) is 5.49. The molecule has 0 bridgehead atoms. The molecule has 2 aliphatic heterocycles. The van der Waals surface area contributed by atoms with Crippen LogP contribution in [0.25, 0.3) is 0 Å². The molecule has 0 aliphatic carbocycles. The van der Waals surface area contributed by atoms with E-state index in [1.54, 1.807) is 0 Å². The number of piperidine rings is 1. The zero-order valence-corrected chi connectivity index (χ0v) is 13.0. The Morgan fingerprint density at radius 3 is 2.47 bits per heavy atom. The van der Waals surface area contributed by atoms with E-state index in [1.165, 1.54) is 12.8 Å². The van der Waals surface area contributed by atoms with Crippen LogP contribution >= 0.6 is 12.4 Å². The Bertz CT molecular complexity index is 380. The third kappa shape index (κ3) is 5.06. The predicted octanol–water partition coefficient (Wildman–Crippen LogP) is 1.08. The largest absolute Gasteiger partial charge is 0.317 e. The highest BCUT2D eigenvalue weighted by Gasteiger charge is 2.32. The smallest absolute Gasteiger partial charge is 0.151 e. The first-order valence-electron chi connectivity index (χ1n) is 6.87. The maximum Gasteiger partial charge on any atom is 0.151 e. The molecule has 2 aliphatic rings. The summed E-state index contributed by atoms with van der Waals surface area (Å²) in [6.07, 6.45) is 5.09. The number of rotatable bonds is 5. The van der Waals surface area contributed by atoms with Crippen molar-refractivity contribution < 1.29 is 8.42 Å². The van der Waals surface area contributed by atoms with Gasteiger partial charge in [0.15, 0.2) is 9.84 Å². The SMILES string of the molecule is C=CCN(CC1CCNCC1)C1CCS(=O)(=O)C1.Cl. The Balaban J connectivity index is 0.00000180. The van der Waals surface area contributed by atoms with Gasteiger partial charge in [-0.15, -0.1) is 19.0 Å². The van der Waals surface area contributed by atoms with Crippen LogP contribution in [-0.4, -0.2) is 57.0 Å². The monoisotopic (exact) mass is 308 g/mol. The van der Waals surface area contributed by atoms with Crippen molar-refractivity contribution in [1.29, 1.82) is 0 Å². The number of hydrogen-bond acceptors (Lipinski definition) is 4. The molecule has 2 heterocycles. The van der Waals surface area contributed by atoms with Crippen molar-refractivity contribution in [2.24, 2.45) is 5.92 Å². The van der Waals surface area contributed by atoms with Gasteiger partial charge in [-0.2, -0.15) is 0 Å². The first kappa shape index (κ1) is 17.0. The second kappa shape index (κ2) is 7.62. The summed E-state index contributed by atoms with van der Waals surface area (Å²) < 4.78 is 23.2. The zero-order valence-electron chi connectivity index (χ0n) is 11.4. The highest BCUT2D eigenvalue weighted by Crippen LogP contribution is 2.21. The molecule has 112 valence electrons. The molecule has 1 atom stereocenters. The third-order valence-electron chi connectivity index (χ3n) is 4.04. The third-order valence-corrected chi connectivity index (χ3v) is 5.79. The van der Waals surface area contributed by atoms with Gasteiger partial charge in [0.25, 0.3) is 0 Å². The van der Waals surface area contributed by atoms with Gasteiger partial charge in [0.2, 0.25) is 0 Å². The summed E-state index contributed by atoms with van der Waals surface area (Å²) in [5, 5.41) is 3.37. The normalized spacial score (nSPS) is 27.1. The summed E-state index contributed by atoms with van der Waals surface area (Å²) >= 11 is 0. The summed E-state index contributed by atoms with van der Waals surface area (Å²) in [6, 6.07) is 0.211. The van der Waals surface area contributed by atoms with Crippen molar-refractivity contribution in [3.05, 3.63) is 12.7 Å². The minimum Gasteiger partial charge on any atom is -0.317 e. The van der Waals surface area contributed by atoms with Crippen molar-refractivity contribution in [1.82, 2.24) is 10.2 Å². The van der Waals surface area contributed by atoms with Gasteiger partial charge in [-0.3, -0.25) is 4.90 Å². The number of nitrogens with one attached hydrogen (secondary N) is 1. The maximum absolute atomic E-state index is 11.6. The Kier molecular flexibility index (Phi) is 6.80. The van der Waals surface area contributed by atoms with Crippen molar-refractivity contribution >= 4 is 22.2 Å². The average Bonchev–Trinajstić information content (AvgIpc) is 2.70. The van der Waals surface area contributed by atoms with Gasteiger partial charge < -0.3 is 5.32 Å². The van der Waals surface area contributed by atoms with Gasteiger partial charge in [0.1, 0.15) is 0 Å². The highest BCUT2D eigenvalue weighted by molar-refractivity contribution is 7.91. The molecule has 1 N–H and O–H groups in total. The maximum atomic E-state index is 11.6. The molecule has 0 radical (unpaired) electrons. The molecule has 2 saturated heterocycles. The van der Waals surface area contributed by atoms with E-state index in [0.29, 0.717) is 17.4 Å². The number of nitrogens with zero attached hydrogens (tertiary/aromatic N) is 1. The Morgan fingerprint density at radius 1 is 1.26 bits per heavy atom. The fraction of sp³-hybridized carbons (Fsp3) is 0.846. The fourth-order valence-corrected chi connectivity index (χ4v) is 4.76. The van der Waals surface area contributed by atoms with E-state index < -0.39 is 9.84 Å². The molecule has 6 heteroatoms. The Morgan fingerprint density at radius 2 is 1.95 bits per heavy atom. The van der Waals surface area contributed by atoms with Gasteiger partial charge >= 0.3 is 0 Å². The van der Waals surface area contributed by atoms with Crippen LogP contribution in [0.2, 0.25) is 0 Å². The average molecular weight is 309 g/mol. The van der Waals surface area contributed by atoms with E-state index in [9.17, 15) is 8.42 Å². The van der Waals surface area contributed by atoms with Crippen LogP contribution in [0.4, 0.5) is 0 Å². The van der Waals surface area contributed by atoms with E-state index in [4.69, 9.17) is 0 Å². The molecule has 4 nitrogen and oxygen atoms in total. The van der Waals surface area contributed by atoms with Crippen molar-refractivity contribution in [2.75, 3.05) is 37.7 Å². The van der Waals surface area contributed by atoms with Crippen molar-refractivity contribution in [3.8, 4) is 0 Å². The van der Waals surface area contributed by atoms with Gasteiger partial charge in [0.05, 0.1) is 11.5 Å². The lowest BCUT2D eigenvalue weighted by Crippen LogP contribution is -2.42. The lowest BCUT2D eigenvalue weighted by atomic mass is 9.97. The molecule has 0 saturated carbocycles. The quantitative estimate of drug-likeness (QED) is 0.772. The van der Waals surface area contributed by atoms with Crippen molar-refractivity contribution in [3.63, 3.8) is 0 Å². The van der Waals surface area contributed by atoms with Crippen LogP contribution in [-0.2, 0) is 9.84 Å². The molecule has 19 heavy (non-hydrogen) atoms. The molecular weight excluding hydrogens is 284 g/mol. The predicted molar refractivity (Wildman–Crippen MR) is 81.7 cm³/mol. The topological polar surface area (TPSA) is 49.4 Å². The van der Waals surface area contributed by atoms with Crippen molar-refractivity contribution in [2.45, 2.75) is 25.3 Å². The van der Waals surface area contributed by atoms with Crippen LogP contribution < -0.4 is 5.32 Å². The molecule has 1 unspecified atom stereocenters. The fourth-order valence-electron chi connectivity index (χ4n) is 3.00. The number of halogens is 1. The summed E-state index contributed by atoms with van der Waals surface area (Å²) in [6.45, 7) is 7.81. The standard InChI is InChI=1S/C13H24N2O2S.ClH/c1-2-8-15(10-12-3-6-14-7-4-12)13-5-9-18(16,17)11-13;/h2,12-14H,1,3-11H2;1H. The van der Waals surface area contributed by atoms with Crippen LogP contribution in [0.15, 0.2) is 12.7 Å². The summed E-state index contributed by atoms with van der Waals surface area (Å²) in [4.78, 5) is 2.33. The summed E-state index contributed by atoms with van der Waals surface area (Å²) in [7, 11) is -2.79. The van der Waals surface area contributed by atoms with Gasteiger partial charge in [-0.25, -0.2) is 8.42 Å². The van der Waals surface area contributed by atoms with E-state index in [1.807, 2.05) is 6.08 Å². The Hall–Kier alpha value is -0.100. The van der Waals surface area contributed by atoms with Crippen LogP contribution in [0.1, 0.15) is 19.3 Å². The van der Waals surface area contributed by atoms with Gasteiger partial charge in [-0.1, -0.05) is 6.08 Å². The summed E-state index contributed by atoms with van der Waals surface area (Å²) in [5.41, 5.74) is 0. The Labute approximate surface area is 123 Å². The molecule has 0 aromatic rings. The molecule has 0 aromatic heterocycles. The van der Waals surface area contributed by atoms with Gasteiger partial charge in [-0.05, 0) is 38.3 Å². The lowest BCUT2D eigenvalue weighted by Gasteiger charge is -2.32. The lowest BCUT2D eigenvalue weighted by molar-refractivity contribution is 0.179. The van der Waals surface area contributed by atoms with Gasteiger partial charge in [0, 0.05) is 19.1 Å². The van der Waals surface area contributed by atoms with E-state index in [0.717, 1.165) is 32.6 Å². The zero-order chi connectivity index (χ0) is 13.0. The molecular formula is C13H25ClN2O2S. The number of sulfone groups is 1. The van der Waals surface area contributed by atoms with E-state index >= 15 is 0 Å². The summed E-state index contributed by atoms with van der Waals surface area (Å²) in [5.74, 6) is 1.40. The second-order valence-corrected chi connectivity index (χ2v) is 7.72. The first-order chi connectivity index (χ1) is 8.61. The van der Waals surface area contributed by atoms with E-state index in [2.05, 4.69) is 16.8 Å². The molecule has 2 fully saturated rings. The molecule has 2 rings (SSSR count). The minimum absolute atomic E-state index is 0. The first-order valence-corrected chi connectivity index (χ1v) is 8.69.